The second-order valence-corrected chi connectivity index (χ2v) is 8.46. The molecule has 0 radical (unpaired) electrons. The predicted octanol–water partition coefficient (Wildman–Crippen LogP) is 2.24. The van der Waals surface area contributed by atoms with Crippen molar-refractivity contribution in [1.29, 1.82) is 0 Å². The molecule has 24 heavy (non-hydrogen) atoms. The van der Waals surface area contributed by atoms with Crippen molar-refractivity contribution < 1.29 is 4.79 Å². The van der Waals surface area contributed by atoms with E-state index < -0.39 is 0 Å². The average molecular weight is 359 g/mol. The maximum Gasteiger partial charge on any atom is 0.209 e. The molecule has 0 aromatic rings. The second kappa shape index (κ2) is 10.6. The number of rotatable bonds is 6. The zero-order chi connectivity index (χ0) is 18.3. The molecule has 0 aromatic heterocycles. The first kappa shape index (κ1) is 21.7. The molecular weight excluding hydrogens is 320 g/mol. The molecule has 0 N–H and O–H groups in total. The van der Waals surface area contributed by atoms with Gasteiger partial charge in [0.25, 0.3) is 0 Å². The second-order valence-electron chi connectivity index (χ2n) is 7.57. The first-order valence-corrected chi connectivity index (χ1v) is 10.4. The Balaban J connectivity index is 0.000000240. The molecule has 2 atom stereocenters. The summed E-state index contributed by atoms with van der Waals surface area (Å²) in [6.07, 6.45) is 5.56. The van der Waals surface area contributed by atoms with Crippen molar-refractivity contribution in [3.63, 3.8) is 0 Å². The minimum Gasteiger partial charge on any atom is -0.344 e. The molecule has 2 aliphatic rings. The lowest BCUT2D eigenvalue weighted by Crippen LogP contribution is -2.38. The van der Waals surface area contributed by atoms with Crippen LogP contribution in [0.4, 0.5) is 0 Å². The van der Waals surface area contributed by atoms with Gasteiger partial charge in [-0.05, 0) is 60.9 Å². The monoisotopic (exact) mass is 358 g/mol. The first-order chi connectivity index (χ1) is 11.3. The van der Waals surface area contributed by atoms with E-state index >= 15 is 0 Å². The molecule has 0 aromatic carbocycles. The van der Waals surface area contributed by atoms with E-state index in [1.54, 1.807) is 0 Å². The summed E-state index contributed by atoms with van der Waals surface area (Å²) < 4.78 is 2.45. The smallest absolute Gasteiger partial charge is 0.209 e. The van der Waals surface area contributed by atoms with Crippen LogP contribution in [0.2, 0.25) is 0 Å². The van der Waals surface area contributed by atoms with Gasteiger partial charge in [0.1, 0.15) is 0 Å². The van der Waals surface area contributed by atoms with Crippen molar-refractivity contribution in [2.45, 2.75) is 64.7 Å². The van der Waals surface area contributed by atoms with Crippen LogP contribution in [-0.4, -0.2) is 96.1 Å². The van der Waals surface area contributed by atoms with E-state index in [0.29, 0.717) is 18.1 Å². The summed E-state index contributed by atoms with van der Waals surface area (Å²) in [5, 5.41) is 0. The van der Waals surface area contributed by atoms with E-state index in [2.05, 4.69) is 62.2 Å². The summed E-state index contributed by atoms with van der Waals surface area (Å²) in [4.78, 5) is 17.1. The van der Waals surface area contributed by atoms with Crippen LogP contribution in [0, 0.1) is 0 Å². The molecule has 5 nitrogen and oxygen atoms in total. The Morgan fingerprint density at radius 1 is 0.958 bits per heavy atom. The van der Waals surface area contributed by atoms with Gasteiger partial charge < -0.3 is 4.90 Å². The third-order valence-electron chi connectivity index (χ3n) is 5.51. The van der Waals surface area contributed by atoms with Crippen molar-refractivity contribution in [3.05, 3.63) is 0 Å². The lowest BCUT2D eigenvalue weighted by atomic mass is 10.2. The van der Waals surface area contributed by atoms with Crippen molar-refractivity contribution >= 4 is 18.4 Å². The molecule has 6 heteroatoms. The SMILES string of the molecule is CC(C)N(C)C1CCN(C=O)C1.CSN1CCC(N(C)C(C)C)C1. The minimum atomic E-state index is 0.565. The number of amides is 1. The Morgan fingerprint density at radius 2 is 1.46 bits per heavy atom. The maximum absolute atomic E-state index is 10.5. The number of carbonyl (C=O) groups is 1. The van der Waals surface area contributed by atoms with Gasteiger partial charge in [-0.25, -0.2) is 4.31 Å². The Labute approximate surface area is 153 Å². The van der Waals surface area contributed by atoms with Crippen LogP contribution < -0.4 is 0 Å². The summed E-state index contributed by atoms with van der Waals surface area (Å²) in [6.45, 7) is 13.2. The summed E-state index contributed by atoms with van der Waals surface area (Å²) >= 11 is 1.87. The number of carbonyl (C=O) groups excluding carboxylic acids is 1. The van der Waals surface area contributed by atoms with Crippen molar-refractivity contribution in [2.75, 3.05) is 46.5 Å². The van der Waals surface area contributed by atoms with Crippen LogP contribution in [0.15, 0.2) is 0 Å². The fraction of sp³-hybridized carbons (Fsp3) is 0.944. The topological polar surface area (TPSA) is 30.0 Å². The van der Waals surface area contributed by atoms with Crippen LogP contribution >= 0.6 is 11.9 Å². The number of nitrogens with zero attached hydrogens (tertiary/aromatic N) is 4. The molecule has 2 aliphatic heterocycles. The van der Waals surface area contributed by atoms with Gasteiger partial charge in [0, 0.05) is 50.3 Å². The molecule has 0 saturated carbocycles. The number of likely N-dealkylation sites (tertiary alicyclic amines) is 1. The zero-order valence-corrected chi connectivity index (χ0v) is 17.6. The fourth-order valence-electron chi connectivity index (χ4n) is 3.25. The van der Waals surface area contributed by atoms with Crippen molar-refractivity contribution in [1.82, 2.24) is 19.0 Å². The maximum atomic E-state index is 10.5. The molecule has 0 spiro atoms. The molecule has 2 heterocycles. The Bertz CT molecular complexity index is 367. The van der Waals surface area contributed by atoms with Crippen molar-refractivity contribution in [3.8, 4) is 0 Å². The van der Waals surface area contributed by atoms with E-state index in [1.807, 2.05) is 16.8 Å². The van der Waals surface area contributed by atoms with Crippen molar-refractivity contribution in [2.24, 2.45) is 0 Å². The van der Waals surface area contributed by atoms with Gasteiger partial charge in [0.15, 0.2) is 0 Å². The molecule has 2 fully saturated rings. The van der Waals surface area contributed by atoms with E-state index in [4.69, 9.17) is 0 Å². The fourth-order valence-corrected chi connectivity index (χ4v) is 3.86. The summed E-state index contributed by atoms with van der Waals surface area (Å²) in [5.41, 5.74) is 0. The van der Waals surface area contributed by atoms with Crippen LogP contribution in [0.3, 0.4) is 0 Å². The highest BCUT2D eigenvalue weighted by Crippen LogP contribution is 2.20. The van der Waals surface area contributed by atoms with Gasteiger partial charge in [-0.3, -0.25) is 14.6 Å². The molecule has 2 saturated heterocycles. The average Bonchev–Trinajstić information content (AvgIpc) is 3.22. The van der Waals surface area contributed by atoms with Gasteiger partial charge in [0.05, 0.1) is 0 Å². The van der Waals surface area contributed by atoms with Gasteiger partial charge >= 0.3 is 0 Å². The highest BCUT2D eigenvalue weighted by Gasteiger charge is 2.26. The predicted molar refractivity (Wildman–Crippen MR) is 105 cm³/mol. The molecule has 2 rings (SSSR count). The van der Waals surface area contributed by atoms with E-state index in [-0.39, 0.29) is 0 Å². The highest BCUT2D eigenvalue weighted by atomic mass is 32.2. The molecule has 0 bridgehead atoms. The van der Waals surface area contributed by atoms with E-state index in [9.17, 15) is 4.79 Å². The van der Waals surface area contributed by atoms with Gasteiger partial charge in [-0.2, -0.15) is 0 Å². The van der Waals surface area contributed by atoms with Gasteiger partial charge in [0.2, 0.25) is 6.41 Å². The lowest BCUT2D eigenvalue weighted by Gasteiger charge is -2.27. The van der Waals surface area contributed by atoms with Crippen LogP contribution in [0.25, 0.3) is 0 Å². The first-order valence-electron chi connectivity index (χ1n) is 9.22. The lowest BCUT2D eigenvalue weighted by molar-refractivity contribution is -0.117. The van der Waals surface area contributed by atoms with E-state index in [1.165, 1.54) is 19.5 Å². The number of hydrogen-bond donors (Lipinski definition) is 0. The zero-order valence-electron chi connectivity index (χ0n) is 16.7. The quantitative estimate of drug-likeness (QED) is 0.537. The normalized spacial score (nSPS) is 25.0. The Hall–Kier alpha value is -0.300. The Morgan fingerprint density at radius 3 is 1.83 bits per heavy atom. The molecule has 142 valence electrons. The summed E-state index contributed by atoms with van der Waals surface area (Å²) in [7, 11) is 4.36. The third kappa shape index (κ3) is 6.54. The molecule has 2 unspecified atom stereocenters. The van der Waals surface area contributed by atoms with Crippen LogP contribution in [0.5, 0.6) is 0 Å². The summed E-state index contributed by atoms with van der Waals surface area (Å²) in [6, 6.07) is 2.59. The highest BCUT2D eigenvalue weighted by molar-refractivity contribution is 7.96. The third-order valence-corrected chi connectivity index (χ3v) is 6.36. The number of likely N-dealkylation sites (N-methyl/N-ethyl adjacent to an activating group) is 2. The number of hydrogen-bond acceptors (Lipinski definition) is 5. The van der Waals surface area contributed by atoms with Crippen LogP contribution in [-0.2, 0) is 4.79 Å². The molecular formula is C18H38N4OS. The van der Waals surface area contributed by atoms with Gasteiger partial charge in [-0.1, -0.05) is 11.9 Å². The molecule has 1 amide bonds. The van der Waals surface area contributed by atoms with Crippen LogP contribution in [0.1, 0.15) is 40.5 Å². The van der Waals surface area contributed by atoms with Gasteiger partial charge in [-0.15, -0.1) is 0 Å². The molecule has 0 aliphatic carbocycles. The standard InChI is InChI=1S/C9H18N2O.C9H20N2S/c1-8(2)10(3)9-4-5-11(6-9)7-12;1-8(2)10(3)9-5-6-11(7-9)12-4/h7-9H,4-6H2,1-3H3;8-9H,5-7H2,1-4H3. The minimum absolute atomic E-state index is 0.565. The Kier molecular flexibility index (Phi) is 9.64. The largest absolute Gasteiger partial charge is 0.344 e. The van der Waals surface area contributed by atoms with E-state index in [0.717, 1.165) is 32.0 Å². The summed E-state index contributed by atoms with van der Waals surface area (Å²) in [5.74, 6) is 0.